The van der Waals surface area contributed by atoms with Crippen molar-refractivity contribution in [1.82, 2.24) is 0 Å². The molecule has 0 saturated carbocycles. The summed E-state index contributed by atoms with van der Waals surface area (Å²) in [6.07, 6.45) is 0. The van der Waals surface area contributed by atoms with Gasteiger partial charge in [0.1, 0.15) is 22.3 Å². The van der Waals surface area contributed by atoms with Crippen LogP contribution in [0.5, 0.6) is 0 Å². The van der Waals surface area contributed by atoms with Crippen LogP contribution in [0.1, 0.15) is 103 Å². The average Bonchev–Trinajstić information content (AvgIpc) is 2.37. The van der Waals surface area contributed by atoms with Crippen LogP contribution < -0.4 is 9.80 Å². The molecule has 0 fully saturated rings. The van der Waals surface area contributed by atoms with E-state index in [1.165, 1.54) is 22.3 Å². The Morgan fingerprint density at radius 2 is 0.646 bits per heavy atom. The number of para-hydroxylation sites is 4. The number of furan rings is 4. The van der Waals surface area contributed by atoms with Crippen molar-refractivity contribution < 1.29 is 17.7 Å². The molecule has 11 aromatic carbocycles. The second-order valence-electron chi connectivity index (χ2n) is 25.3. The zero-order valence-electron chi connectivity index (χ0n) is 48.2. The van der Waals surface area contributed by atoms with E-state index in [9.17, 15) is 0 Å². The summed E-state index contributed by atoms with van der Waals surface area (Å²) in [4.78, 5) is 4.67. The van der Waals surface area contributed by atoms with E-state index < -0.39 is 0 Å². The maximum atomic E-state index is 7.00. The Morgan fingerprint density at radius 1 is 0.293 bits per heavy atom. The van der Waals surface area contributed by atoms with Gasteiger partial charge in [0.15, 0.2) is 22.3 Å². The molecule has 0 amide bonds. The predicted octanol–water partition coefficient (Wildman–Crippen LogP) is 23.4. The van der Waals surface area contributed by atoms with E-state index in [0.717, 1.165) is 143 Å². The number of benzene rings is 11. The summed E-state index contributed by atoms with van der Waals surface area (Å²) in [6, 6.07) is 70.8. The minimum atomic E-state index is -0.0904. The van der Waals surface area contributed by atoms with Crippen molar-refractivity contribution in [2.45, 2.75) is 91.9 Å². The Hall–Kier alpha value is -9.26. The van der Waals surface area contributed by atoms with Gasteiger partial charge in [0.05, 0.1) is 11.4 Å². The standard InChI is InChI=1S/C76H64N2O4/c1-43(2)45-23-29-51(30-24-45)77(65-21-13-17-57-55-15-11-19-63(75(5,6)7)69(55)81-71(57)65)53-33-27-47-39-61-59-35-36-60-62-40-48-28-34-54(38-50(48)42-68(62)80-74(60)73(59)79-67(61)41-49(47)37-53)78(52-31-25-46(26-32-52)44(3)4)66-22-14-18-58-56-16-12-20-64(76(8,9)10)70(56)82-72(58)66/h11-44H,1-10H3. The van der Waals surface area contributed by atoms with Gasteiger partial charge in [-0.3, -0.25) is 0 Å². The molecule has 0 radical (unpaired) electrons. The van der Waals surface area contributed by atoms with Gasteiger partial charge < -0.3 is 27.5 Å². The van der Waals surface area contributed by atoms with Gasteiger partial charge in [-0.2, -0.15) is 0 Å². The molecule has 82 heavy (non-hydrogen) atoms. The molecule has 0 aliphatic carbocycles. The highest BCUT2D eigenvalue weighted by Gasteiger charge is 2.27. The number of fused-ring (bicyclic) bond motifs is 15. The summed E-state index contributed by atoms with van der Waals surface area (Å²) >= 11 is 0. The maximum absolute atomic E-state index is 7.00. The lowest BCUT2D eigenvalue weighted by molar-refractivity contribution is 0.572. The molecule has 0 N–H and O–H groups in total. The van der Waals surface area contributed by atoms with Crippen molar-refractivity contribution in [2.75, 3.05) is 9.80 Å². The normalized spacial score (nSPS) is 12.7. The van der Waals surface area contributed by atoms with Crippen molar-refractivity contribution in [2.24, 2.45) is 0 Å². The summed E-state index contributed by atoms with van der Waals surface area (Å²) in [5.74, 6) is 0.820. The van der Waals surface area contributed by atoms with Gasteiger partial charge in [0.25, 0.3) is 0 Å². The van der Waals surface area contributed by atoms with Gasteiger partial charge in [-0.25, -0.2) is 0 Å². The molecule has 6 nitrogen and oxygen atoms in total. The molecule has 0 saturated heterocycles. The summed E-state index contributed by atoms with van der Waals surface area (Å²) < 4.78 is 27.9. The molecule has 0 spiro atoms. The third-order valence-corrected chi connectivity index (χ3v) is 17.2. The molecule has 6 heteroatoms. The van der Waals surface area contributed by atoms with Crippen molar-refractivity contribution in [1.29, 1.82) is 0 Å². The minimum absolute atomic E-state index is 0.0904. The highest BCUT2D eigenvalue weighted by atomic mass is 16.4. The summed E-state index contributed by atoms with van der Waals surface area (Å²) in [5.41, 5.74) is 17.6. The Kier molecular flexibility index (Phi) is 11.0. The van der Waals surface area contributed by atoms with Gasteiger partial charge in [0, 0.05) is 77.0 Å². The highest BCUT2D eigenvalue weighted by molar-refractivity contribution is 6.22. The molecule has 15 aromatic rings. The van der Waals surface area contributed by atoms with E-state index in [1.54, 1.807) is 0 Å². The lowest BCUT2D eigenvalue weighted by atomic mass is 9.86. The van der Waals surface area contributed by atoms with Crippen LogP contribution in [0.2, 0.25) is 0 Å². The Labute approximate surface area is 476 Å². The van der Waals surface area contributed by atoms with Crippen LogP contribution in [-0.4, -0.2) is 0 Å². The first-order chi connectivity index (χ1) is 39.5. The van der Waals surface area contributed by atoms with Gasteiger partial charge >= 0.3 is 0 Å². The number of hydrogen-bond donors (Lipinski definition) is 0. The molecule has 0 atom stereocenters. The molecule has 0 aliphatic rings. The quantitative estimate of drug-likeness (QED) is 0.151. The van der Waals surface area contributed by atoms with E-state index in [2.05, 4.69) is 273 Å². The number of nitrogens with zero attached hydrogens (tertiary/aromatic N) is 2. The molecule has 0 unspecified atom stereocenters. The molecule has 402 valence electrons. The third kappa shape index (κ3) is 7.82. The Morgan fingerprint density at radius 3 is 1.02 bits per heavy atom. The fraction of sp³-hybridized carbons (Fsp3) is 0.184. The Bertz CT molecular complexity index is 4750. The van der Waals surface area contributed by atoms with Gasteiger partial charge in [-0.1, -0.05) is 166 Å². The van der Waals surface area contributed by atoms with Crippen LogP contribution in [0.3, 0.4) is 0 Å². The van der Waals surface area contributed by atoms with E-state index in [-0.39, 0.29) is 10.8 Å². The summed E-state index contributed by atoms with van der Waals surface area (Å²) in [6.45, 7) is 22.4. The van der Waals surface area contributed by atoms with E-state index in [0.29, 0.717) is 11.8 Å². The molecule has 15 rings (SSSR count). The van der Waals surface area contributed by atoms with Crippen molar-refractivity contribution in [3.63, 3.8) is 0 Å². The SMILES string of the molecule is CC(C)c1ccc(N(c2ccc3cc4c(cc3c2)oc2c4ccc3c4cc5ccc(N(c6ccc(C(C)C)cc6)c6cccc7c6oc6c(C(C)(C)C)cccc67)cc5cc4oc32)c2cccc3c2oc2c(C(C)(C)C)cccc23)cc1. The fourth-order valence-corrected chi connectivity index (χ4v) is 12.8. The van der Waals surface area contributed by atoms with Crippen LogP contribution in [0.25, 0.3) is 109 Å². The van der Waals surface area contributed by atoms with E-state index >= 15 is 0 Å². The Balaban J connectivity index is 0.850. The smallest absolute Gasteiger partial charge is 0.178 e. The molecular weight excluding hydrogens is 1000 g/mol. The predicted molar refractivity (Wildman–Crippen MR) is 346 cm³/mol. The van der Waals surface area contributed by atoms with Crippen molar-refractivity contribution >= 4 is 143 Å². The fourth-order valence-electron chi connectivity index (χ4n) is 12.8. The number of anilines is 6. The molecule has 4 heterocycles. The first-order valence-corrected chi connectivity index (χ1v) is 28.9. The first-order valence-electron chi connectivity index (χ1n) is 28.9. The van der Waals surface area contributed by atoms with Gasteiger partial charge in [-0.05, 0) is 152 Å². The monoisotopic (exact) mass is 1070 g/mol. The van der Waals surface area contributed by atoms with Crippen LogP contribution in [0.4, 0.5) is 34.1 Å². The van der Waals surface area contributed by atoms with Crippen LogP contribution in [0, 0.1) is 0 Å². The zero-order valence-corrected chi connectivity index (χ0v) is 48.2. The first kappa shape index (κ1) is 49.8. The highest BCUT2D eigenvalue weighted by Crippen LogP contribution is 2.49. The maximum Gasteiger partial charge on any atom is 0.178 e. The lowest BCUT2D eigenvalue weighted by Crippen LogP contribution is -2.11. The third-order valence-electron chi connectivity index (χ3n) is 17.2. The van der Waals surface area contributed by atoms with Crippen molar-refractivity contribution in [3.05, 3.63) is 216 Å². The van der Waals surface area contributed by atoms with Crippen molar-refractivity contribution in [3.8, 4) is 0 Å². The van der Waals surface area contributed by atoms with Crippen LogP contribution in [0.15, 0.2) is 212 Å². The minimum Gasteiger partial charge on any atom is -0.454 e. The van der Waals surface area contributed by atoms with E-state index in [4.69, 9.17) is 17.7 Å². The van der Waals surface area contributed by atoms with Gasteiger partial charge in [-0.15, -0.1) is 0 Å². The summed E-state index contributed by atoms with van der Waals surface area (Å²) in [5, 5.41) is 13.0. The lowest BCUT2D eigenvalue weighted by Gasteiger charge is -2.26. The molecule has 4 aromatic heterocycles. The largest absolute Gasteiger partial charge is 0.454 e. The average molecular weight is 1070 g/mol. The second-order valence-corrected chi connectivity index (χ2v) is 25.3. The molecule has 0 bridgehead atoms. The zero-order chi connectivity index (χ0) is 56.1. The molecule has 0 aliphatic heterocycles. The summed E-state index contributed by atoms with van der Waals surface area (Å²) in [7, 11) is 0. The van der Waals surface area contributed by atoms with Crippen LogP contribution >= 0.6 is 0 Å². The van der Waals surface area contributed by atoms with Gasteiger partial charge in [0.2, 0.25) is 0 Å². The van der Waals surface area contributed by atoms with E-state index in [1.807, 2.05) is 0 Å². The second kappa shape index (κ2) is 18.1. The van der Waals surface area contributed by atoms with Crippen LogP contribution in [-0.2, 0) is 10.8 Å². The molecular formula is C76H64N2O4. The number of hydrogen-bond acceptors (Lipinski definition) is 6. The number of rotatable bonds is 8. The topological polar surface area (TPSA) is 59.0 Å².